The fourth-order valence-electron chi connectivity index (χ4n) is 4.57. The van der Waals surface area contributed by atoms with Gasteiger partial charge in [-0.3, -0.25) is 4.79 Å². The zero-order chi connectivity index (χ0) is 28.6. The summed E-state index contributed by atoms with van der Waals surface area (Å²) in [5.41, 5.74) is 0.420. The van der Waals surface area contributed by atoms with Crippen LogP contribution in [0.25, 0.3) is 0 Å². The molecule has 0 radical (unpaired) electrons. The van der Waals surface area contributed by atoms with Gasteiger partial charge in [0.05, 0.1) is 24.7 Å². The van der Waals surface area contributed by atoms with Crippen molar-refractivity contribution in [2.24, 2.45) is 5.92 Å². The first-order chi connectivity index (χ1) is 19.5. The summed E-state index contributed by atoms with van der Waals surface area (Å²) in [6.45, 7) is 5.91. The van der Waals surface area contributed by atoms with Crippen molar-refractivity contribution in [1.82, 2.24) is 4.90 Å². The normalized spacial score (nSPS) is 13.5. The van der Waals surface area contributed by atoms with Crippen LogP contribution < -0.4 is 14.2 Å². The van der Waals surface area contributed by atoms with E-state index < -0.39 is 5.97 Å². The monoisotopic (exact) mass is 553 g/mol. The van der Waals surface area contributed by atoms with Gasteiger partial charge in [0.25, 0.3) is 0 Å². The Kier molecular flexibility index (Phi) is 13.3. The van der Waals surface area contributed by atoms with Crippen LogP contribution in [0.2, 0.25) is 0 Å². The van der Waals surface area contributed by atoms with Crippen LogP contribution in [0.15, 0.2) is 48.5 Å². The molecule has 1 fully saturated rings. The number of hydrogen-bond donors (Lipinski definition) is 0. The molecule has 40 heavy (non-hydrogen) atoms. The average molecular weight is 554 g/mol. The van der Waals surface area contributed by atoms with Crippen molar-refractivity contribution < 1.29 is 33.3 Å². The number of nitrogens with zero attached hydrogens (tertiary/aromatic N) is 1. The molecule has 0 atom stereocenters. The number of amides is 1. The largest absolute Gasteiger partial charge is 0.494 e. The fraction of sp³-hybridized carbons (Fsp3) is 0.531. The Morgan fingerprint density at radius 1 is 0.725 bits per heavy atom. The van der Waals surface area contributed by atoms with Crippen LogP contribution in [0.3, 0.4) is 0 Å². The summed E-state index contributed by atoms with van der Waals surface area (Å²) in [4.78, 5) is 38.5. The molecule has 0 saturated carbocycles. The smallest absolute Gasteiger partial charge is 0.409 e. The van der Waals surface area contributed by atoms with Crippen LogP contribution in [-0.2, 0) is 9.53 Å². The van der Waals surface area contributed by atoms with Gasteiger partial charge in [0.1, 0.15) is 17.2 Å². The maximum absolute atomic E-state index is 12.6. The van der Waals surface area contributed by atoms with E-state index in [1.165, 1.54) is 44.9 Å². The molecule has 1 aliphatic heterocycles. The molecular formula is C32H43NO7. The van der Waals surface area contributed by atoms with Crippen molar-refractivity contribution in [3.63, 3.8) is 0 Å². The Balaban J connectivity index is 1.35. The predicted octanol–water partition coefficient (Wildman–Crippen LogP) is 7.20. The third-order valence-electron chi connectivity index (χ3n) is 6.96. The number of ether oxygens (including phenoxy) is 4. The van der Waals surface area contributed by atoms with E-state index in [1.54, 1.807) is 60.4 Å². The first-order valence-electron chi connectivity index (χ1n) is 14.7. The summed E-state index contributed by atoms with van der Waals surface area (Å²) in [6, 6.07) is 13.3. The molecule has 2 aromatic carbocycles. The van der Waals surface area contributed by atoms with Gasteiger partial charge in [-0.15, -0.1) is 0 Å². The van der Waals surface area contributed by atoms with Gasteiger partial charge in [-0.1, -0.05) is 51.9 Å². The van der Waals surface area contributed by atoms with Crippen LogP contribution in [0.1, 0.15) is 88.4 Å². The SMILES string of the molecule is CCCCCCCCCCOc1ccc(C(=O)Oc2ccc(OC(=O)C3CCN(C(=O)OCC)CC3)cc2)cc1. The van der Waals surface area contributed by atoms with Gasteiger partial charge in [0.2, 0.25) is 0 Å². The zero-order valence-electron chi connectivity index (χ0n) is 23.9. The summed E-state index contributed by atoms with van der Waals surface area (Å²) >= 11 is 0. The first-order valence-corrected chi connectivity index (χ1v) is 14.7. The lowest BCUT2D eigenvalue weighted by atomic mass is 9.97. The van der Waals surface area contributed by atoms with E-state index in [0.29, 0.717) is 56.2 Å². The Hall–Kier alpha value is -3.55. The summed E-state index contributed by atoms with van der Waals surface area (Å²) in [6.07, 6.45) is 10.7. The molecule has 8 nitrogen and oxygen atoms in total. The Labute approximate surface area is 237 Å². The molecular weight excluding hydrogens is 510 g/mol. The maximum Gasteiger partial charge on any atom is 0.409 e. The van der Waals surface area contributed by atoms with Gasteiger partial charge < -0.3 is 23.8 Å². The second kappa shape index (κ2) is 17.2. The van der Waals surface area contributed by atoms with E-state index in [2.05, 4.69) is 6.92 Å². The number of carbonyl (C=O) groups excluding carboxylic acids is 3. The number of esters is 2. The molecule has 1 aliphatic rings. The van der Waals surface area contributed by atoms with Gasteiger partial charge in [0, 0.05) is 13.1 Å². The summed E-state index contributed by atoms with van der Waals surface area (Å²) in [5, 5.41) is 0. The molecule has 0 bridgehead atoms. The van der Waals surface area contributed by atoms with Crippen molar-refractivity contribution in [3.8, 4) is 17.2 Å². The summed E-state index contributed by atoms with van der Waals surface area (Å²) in [5.74, 6) is 0.358. The Bertz CT molecular complexity index is 1040. The highest BCUT2D eigenvalue weighted by atomic mass is 16.6. The molecule has 2 aromatic rings. The minimum absolute atomic E-state index is 0.282. The van der Waals surface area contributed by atoms with Crippen LogP contribution in [0, 0.1) is 5.92 Å². The molecule has 1 amide bonds. The second-order valence-corrected chi connectivity index (χ2v) is 10.1. The topological polar surface area (TPSA) is 91.4 Å². The van der Waals surface area contributed by atoms with Crippen LogP contribution in [0.5, 0.6) is 17.2 Å². The summed E-state index contributed by atoms with van der Waals surface area (Å²) in [7, 11) is 0. The standard InChI is InChI=1S/C32H43NO7/c1-3-5-6-7-8-9-10-11-24-38-27-14-12-25(13-15-27)30(34)39-28-16-18-29(19-17-28)40-31(35)26-20-22-33(23-21-26)32(36)37-4-2/h12-19,26H,3-11,20-24H2,1-2H3. The lowest BCUT2D eigenvalue weighted by Crippen LogP contribution is -2.41. The van der Waals surface area contributed by atoms with E-state index in [0.717, 1.165) is 12.2 Å². The highest BCUT2D eigenvalue weighted by molar-refractivity contribution is 5.91. The van der Waals surface area contributed by atoms with Crippen LogP contribution in [0.4, 0.5) is 4.79 Å². The Morgan fingerprint density at radius 3 is 1.88 bits per heavy atom. The molecule has 0 aliphatic carbocycles. The predicted molar refractivity (Wildman–Crippen MR) is 153 cm³/mol. The molecule has 1 heterocycles. The van der Waals surface area contributed by atoms with Gasteiger partial charge in [-0.25, -0.2) is 9.59 Å². The number of benzene rings is 2. The Morgan fingerprint density at radius 2 is 1.27 bits per heavy atom. The number of unbranched alkanes of at least 4 members (excludes halogenated alkanes) is 7. The fourth-order valence-corrected chi connectivity index (χ4v) is 4.57. The van der Waals surface area contributed by atoms with E-state index in [9.17, 15) is 14.4 Å². The molecule has 0 N–H and O–H groups in total. The minimum Gasteiger partial charge on any atom is -0.494 e. The van der Waals surface area contributed by atoms with Crippen molar-refractivity contribution in [2.75, 3.05) is 26.3 Å². The van der Waals surface area contributed by atoms with Crippen LogP contribution >= 0.6 is 0 Å². The van der Waals surface area contributed by atoms with Gasteiger partial charge in [-0.05, 0) is 74.7 Å². The third kappa shape index (κ3) is 10.5. The summed E-state index contributed by atoms with van der Waals surface area (Å²) < 4.78 is 21.8. The van der Waals surface area contributed by atoms with Crippen molar-refractivity contribution >= 4 is 18.0 Å². The number of piperidine rings is 1. The van der Waals surface area contributed by atoms with E-state index >= 15 is 0 Å². The number of hydrogen-bond acceptors (Lipinski definition) is 7. The van der Waals surface area contributed by atoms with E-state index in [4.69, 9.17) is 18.9 Å². The van der Waals surface area contributed by atoms with Crippen LogP contribution in [-0.4, -0.2) is 49.2 Å². The molecule has 0 unspecified atom stereocenters. The average Bonchev–Trinajstić information content (AvgIpc) is 2.98. The lowest BCUT2D eigenvalue weighted by molar-refractivity contribution is -0.140. The highest BCUT2D eigenvalue weighted by Gasteiger charge is 2.29. The van der Waals surface area contributed by atoms with Crippen molar-refractivity contribution in [1.29, 1.82) is 0 Å². The van der Waals surface area contributed by atoms with E-state index in [1.807, 2.05) is 0 Å². The number of rotatable bonds is 15. The van der Waals surface area contributed by atoms with Crippen molar-refractivity contribution in [3.05, 3.63) is 54.1 Å². The minimum atomic E-state index is -0.479. The zero-order valence-corrected chi connectivity index (χ0v) is 23.9. The van der Waals surface area contributed by atoms with Gasteiger partial charge >= 0.3 is 18.0 Å². The highest BCUT2D eigenvalue weighted by Crippen LogP contribution is 2.24. The molecule has 8 heteroatoms. The lowest BCUT2D eigenvalue weighted by Gasteiger charge is -2.29. The number of likely N-dealkylation sites (tertiary alicyclic amines) is 1. The van der Waals surface area contributed by atoms with Gasteiger partial charge in [-0.2, -0.15) is 0 Å². The molecule has 1 saturated heterocycles. The molecule has 3 rings (SSSR count). The molecule has 0 aromatic heterocycles. The maximum atomic E-state index is 12.6. The van der Waals surface area contributed by atoms with Gasteiger partial charge in [0.15, 0.2) is 0 Å². The van der Waals surface area contributed by atoms with E-state index in [-0.39, 0.29) is 18.0 Å². The second-order valence-electron chi connectivity index (χ2n) is 10.1. The first kappa shape index (κ1) is 31.0. The third-order valence-corrected chi connectivity index (χ3v) is 6.96. The molecule has 0 spiro atoms. The molecule has 218 valence electrons. The van der Waals surface area contributed by atoms with Crippen molar-refractivity contribution in [2.45, 2.75) is 78.1 Å². The quantitative estimate of drug-likeness (QED) is 0.131. The number of carbonyl (C=O) groups is 3.